The molecular weight excluding hydrogens is 1450 g/mol. The van der Waals surface area contributed by atoms with E-state index in [1.54, 1.807) is 52.0 Å². The van der Waals surface area contributed by atoms with Crippen LogP contribution < -0.4 is 29.6 Å². The summed E-state index contributed by atoms with van der Waals surface area (Å²) in [5.41, 5.74) is 4.03. The Kier molecular flexibility index (Phi) is 33.5. The van der Waals surface area contributed by atoms with Crippen molar-refractivity contribution >= 4 is 199 Å². The van der Waals surface area contributed by atoms with E-state index < -0.39 is 16.6 Å². The Balaban J connectivity index is 0.000000208. The number of hydrogen-bond acceptors (Lipinski definition) is 5. The summed E-state index contributed by atoms with van der Waals surface area (Å²) < 4.78 is 0. The minimum atomic E-state index is -1.72. The molecule has 0 heterocycles. The Morgan fingerprint density at radius 3 is 0.550 bits per heavy atom. The van der Waals surface area contributed by atoms with Crippen LogP contribution in [-0.2, 0) is 0 Å². The predicted molar refractivity (Wildman–Crippen MR) is 440 cm³/mol. The molecular formula is C87H73AlBCl4INaO5. The zero-order valence-corrected chi connectivity index (χ0v) is 64.6. The molecule has 3 radical (unpaired) electrons. The zero-order chi connectivity index (χ0) is 68.6. The topological polar surface area (TPSA) is 91.7 Å². The number of ketones is 2. The first-order chi connectivity index (χ1) is 47.1. The molecule has 0 bridgehead atoms. The van der Waals surface area contributed by atoms with Gasteiger partial charge in [-0.1, -0.05) is 334 Å². The summed E-state index contributed by atoms with van der Waals surface area (Å²) in [4.78, 5) is 31.7. The fourth-order valence-corrected chi connectivity index (χ4v) is 11.5. The van der Waals surface area contributed by atoms with Gasteiger partial charge in [0.2, 0.25) is 0 Å². The third kappa shape index (κ3) is 22.6. The van der Waals surface area contributed by atoms with E-state index in [-0.39, 0.29) is 87.1 Å². The van der Waals surface area contributed by atoms with Crippen molar-refractivity contribution in [2.45, 2.75) is 39.9 Å². The summed E-state index contributed by atoms with van der Waals surface area (Å²) >= 11 is 3.44. The summed E-state index contributed by atoms with van der Waals surface area (Å²) in [6.07, 6.45) is -0.683. The summed E-state index contributed by atoms with van der Waals surface area (Å²) in [7, 11) is 14.8. The number of rotatable bonds is 5. The van der Waals surface area contributed by atoms with Crippen LogP contribution in [0.25, 0.3) is 97.0 Å². The molecule has 0 spiro atoms. The Morgan fingerprint density at radius 2 is 0.440 bits per heavy atom. The van der Waals surface area contributed by atoms with Crippen molar-refractivity contribution < 1.29 is 55.6 Å². The molecule has 13 heteroatoms. The van der Waals surface area contributed by atoms with Crippen LogP contribution in [-0.4, -0.2) is 46.8 Å². The number of carbonyl (C=O) groups is 3. The third-order valence-electron chi connectivity index (χ3n) is 16.1. The Hall–Kier alpha value is -7.72. The first-order valence-corrected chi connectivity index (χ1v) is 37.3. The maximum atomic E-state index is 10.6. The molecule has 0 aliphatic heterocycles. The minimum Gasteiger partial charge on any atom is -1.00 e. The summed E-state index contributed by atoms with van der Waals surface area (Å²) in [5, 5.41) is 42.1. The smallest absolute Gasteiger partial charge is 1.00 e. The third-order valence-corrected chi connectivity index (χ3v) is 16.3. The van der Waals surface area contributed by atoms with Gasteiger partial charge >= 0.3 is 40.9 Å². The molecule has 0 aliphatic carbocycles. The molecule has 493 valence electrons. The normalized spacial score (nSPS) is 10.7. The van der Waals surface area contributed by atoms with Crippen LogP contribution in [0.2, 0.25) is 0 Å². The van der Waals surface area contributed by atoms with Crippen LogP contribution in [0.5, 0.6) is 0 Å². The quantitative estimate of drug-likeness (QED) is 0.0589. The van der Waals surface area contributed by atoms with Crippen molar-refractivity contribution in [1.82, 2.24) is 0 Å². The predicted octanol–water partition coefficient (Wildman–Crippen LogP) is 22.1. The van der Waals surface area contributed by atoms with Crippen LogP contribution >= 0.6 is 65.7 Å². The van der Waals surface area contributed by atoms with E-state index in [1.807, 2.05) is 127 Å². The second kappa shape index (κ2) is 41.3. The van der Waals surface area contributed by atoms with Gasteiger partial charge in [0.05, 0.1) is 12.2 Å². The van der Waals surface area contributed by atoms with Crippen molar-refractivity contribution in [1.29, 1.82) is 0 Å². The summed E-state index contributed by atoms with van der Waals surface area (Å²) in [6, 6.07) is 112. The number of Topliss-reactive ketones (excluding diaryl/α,β-unsaturated/α-hetero) is 2. The molecule has 2 unspecified atom stereocenters. The zero-order valence-electron chi connectivity index (χ0n) is 57.1. The number of benzene rings is 17. The van der Waals surface area contributed by atoms with Crippen molar-refractivity contribution in [3.8, 4) is 0 Å². The number of aliphatic hydroxyl groups is 2. The fraction of sp³-hybridized carbons (Fsp3) is 0.0690. The summed E-state index contributed by atoms with van der Waals surface area (Å²) in [6.45, 7) is 6.65. The molecule has 2 atom stereocenters. The Morgan fingerprint density at radius 1 is 0.290 bits per heavy atom. The van der Waals surface area contributed by atoms with E-state index in [4.69, 9.17) is 52.0 Å². The van der Waals surface area contributed by atoms with Gasteiger partial charge in [0.25, 0.3) is 5.24 Å². The van der Waals surface area contributed by atoms with Gasteiger partial charge in [-0.05, 0) is 147 Å². The van der Waals surface area contributed by atoms with Gasteiger partial charge in [-0.15, -0.1) is 24.0 Å². The van der Waals surface area contributed by atoms with E-state index in [0.29, 0.717) is 5.56 Å². The molecule has 100 heavy (non-hydrogen) atoms. The van der Waals surface area contributed by atoms with Gasteiger partial charge in [-0.2, -0.15) is 0 Å². The second-order valence-corrected chi connectivity index (χ2v) is 29.6. The maximum absolute atomic E-state index is 10.6. The van der Waals surface area contributed by atoms with Crippen molar-refractivity contribution in [3.05, 3.63) is 361 Å². The van der Waals surface area contributed by atoms with Gasteiger partial charge in [0.1, 0.15) is 0 Å². The molecule has 17 rings (SSSR count). The van der Waals surface area contributed by atoms with E-state index in [9.17, 15) is 14.4 Å². The SMILES string of the molecule is CC(=O)c1ccccc1.CC(=O)c1ccccc1.CC(O)c1ccccc1.CC(O)c1ccccc1.I.O=C(Cl)c1ccccc1.[B].[Cl][Al]([Cl])[Cl].[H-].[Na+].c1cc2ccc3cccc4ccc(c1)c2c34.c1cc2ccc3cccc4ccc(c1)c2c34.c1cc2ccc3cccc4ccc(c1)c2c34. The first kappa shape index (κ1) is 81.2. The molecule has 2 N–H and O–H groups in total. The first-order valence-electron chi connectivity index (χ1n) is 31.7. The monoisotopic (exact) mass is 1530 g/mol. The molecule has 17 aromatic rings. The van der Waals surface area contributed by atoms with E-state index in [0.717, 1.165) is 22.3 Å². The maximum Gasteiger partial charge on any atom is 1.00 e. The molecule has 0 aliphatic rings. The Labute approximate surface area is 649 Å². The van der Waals surface area contributed by atoms with Crippen molar-refractivity contribution in [2.24, 2.45) is 0 Å². The summed E-state index contributed by atoms with van der Waals surface area (Å²) in [5.74, 6) is 0.242. The fourth-order valence-electron chi connectivity index (χ4n) is 11.4. The number of hydrogen-bond donors (Lipinski definition) is 2. The number of carbonyl (C=O) groups excluding carboxylic acids is 3. The molecule has 0 fully saturated rings. The van der Waals surface area contributed by atoms with Crippen molar-refractivity contribution in [3.63, 3.8) is 0 Å². The van der Waals surface area contributed by atoms with Gasteiger partial charge in [-0.25, -0.2) is 30.1 Å². The average molecular weight is 1530 g/mol. The molecule has 0 saturated carbocycles. The largest absolute Gasteiger partial charge is 1.00 e. The number of halogens is 5. The van der Waals surface area contributed by atoms with Crippen LogP contribution in [0.4, 0.5) is 0 Å². The van der Waals surface area contributed by atoms with Crippen LogP contribution in [0.1, 0.15) is 83.5 Å². The van der Waals surface area contributed by atoms with Crippen LogP contribution in [0, 0.1) is 0 Å². The van der Waals surface area contributed by atoms with E-state index >= 15 is 0 Å². The van der Waals surface area contributed by atoms with E-state index in [1.165, 1.54) is 97.0 Å². The van der Waals surface area contributed by atoms with Crippen LogP contribution in [0.3, 0.4) is 0 Å². The van der Waals surface area contributed by atoms with Gasteiger partial charge in [-0.3, -0.25) is 14.4 Å². The minimum absolute atomic E-state index is 0. The molecule has 0 saturated heterocycles. The Bertz CT molecular complexity index is 4400. The number of aliphatic hydroxyl groups excluding tert-OH is 2. The van der Waals surface area contributed by atoms with Gasteiger partial charge in [0, 0.05) is 25.1 Å². The van der Waals surface area contributed by atoms with Crippen LogP contribution in [0.15, 0.2) is 334 Å². The molecule has 17 aromatic carbocycles. The standard InChI is InChI=1S/3C16H10.2C8H10O.2C8H8O.C7H5ClO.Al.B.3ClH.HI.Na.H/c3*1-3-11-7-9-13-5-2-6-14-10-8-12(4-1)15(11)16(13)14;4*1-7(9)8-5-3-2-4-6-8;8-7(9)6-4-2-1-3-5-6;;;;;;;;/h3*1-10H;2*2-7,9H,1H3;2*2-6H,1H3;1-5H;;;4*1H;;/q;;;;;;;;+3;;;;;;+1;-1/p-3. The van der Waals surface area contributed by atoms with Gasteiger partial charge < -0.3 is 11.6 Å². The van der Waals surface area contributed by atoms with Gasteiger partial charge in [0.15, 0.2) is 11.6 Å². The second-order valence-electron chi connectivity index (χ2n) is 22.8. The van der Waals surface area contributed by atoms with E-state index in [2.05, 4.69) is 182 Å². The van der Waals surface area contributed by atoms with Crippen molar-refractivity contribution in [2.75, 3.05) is 0 Å². The molecule has 0 amide bonds. The molecule has 5 nitrogen and oxygen atoms in total. The molecule has 0 aromatic heterocycles. The average Bonchev–Trinajstić information content (AvgIpc) is 0.768.